The van der Waals surface area contributed by atoms with Crippen LogP contribution in [-0.2, 0) is 13.5 Å². The number of nitrogens with zero attached hydrogens (tertiary/aromatic N) is 1. The Morgan fingerprint density at radius 3 is 2.80 bits per heavy atom. The van der Waals surface area contributed by atoms with Crippen molar-refractivity contribution in [1.82, 2.24) is 4.57 Å². The lowest BCUT2D eigenvalue weighted by molar-refractivity contribution is 0.631. The van der Waals surface area contributed by atoms with Gasteiger partial charge in [0.1, 0.15) is 5.82 Å². The minimum Gasteiger partial charge on any atom is -0.345 e. The molecule has 0 unspecified atom stereocenters. The van der Waals surface area contributed by atoms with Gasteiger partial charge in [-0.05, 0) is 31.5 Å². The zero-order valence-electron chi connectivity index (χ0n) is 9.05. The Kier molecular flexibility index (Phi) is 2.49. The van der Waals surface area contributed by atoms with Gasteiger partial charge in [-0.3, -0.25) is 0 Å². The summed E-state index contributed by atoms with van der Waals surface area (Å²) in [5.74, 6) is -0.165. The second-order valence-corrected chi connectivity index (χ2v) is 3.80. The van der Waals surface area contributed by atoms with E-state index in [-0.39, 0.29) is 5.82 Å². The molecule has 2 rings (SSSR count). The second kappa shape index (κ2) is 3.66. The average Bonchev–Trinajstić information content (AvgIpc) is 2.45. The summed E-state index contributed by atoms with van der Waals surface area (Å²) in [6.07, 6.45) is 0.798. The van der Waals surface area contributed by atoms with Gasteiger partial charge in [-0.2, -0.15) is 0 Å². The minimum atomic E-state index is -0.165. The van der Waals surface area contributed by atoms with E-state index in [1.807, 2.05) is 24.6 Å². The van der Waals surface area contributed by atoms with E-state index >= 15 is 0 Å². The molecule has 1 aromatic carbocycles. The van der Waals surface area contributed by atoms with Gasteiger partial charge in [-0.1, -0.05) is 12.1 Å². The van der Waals surface area contributed by atoms with Crippen LogP contribution in [0.3, 0.4) is 0 Å². The van der Waals surface area contributed by atoms with Gasteiger partial charge in [-0.15, -0.1) is 0 Å². The molecule has 0 spiro atoms. The van der Waals surface area contributed by atoms with Crippen LogP contribution in [-0.4, -0.2) is 11.1 Å². The predicted octanol–water partition coefficient (Wildman–Crippen LogP) is 2.13. The number of hydrogen-bond acceptors (Lipinski definition) is 1. The van der Waals surface area contributed by atoms with Crippen LogP contribution in [0.2, 0.25) is 0 Å². The van der Waals surface area contributed by atoms with Crippen molar-refractivity contribution < 1.29 is 4.39 Å². The third-order valence-electron chi connectivity index (χ3n) is 2.98. The topological polar surface area (TPSA) is 30.9 Å². The second-order valence-electron chi connectivity index (χ2n) is 3.80. The molecule has 0 amide bonds. The van der Waals surface area contributed by atoms with Gasteiger partial charge in [0, 0.05) is 18.1 Å². The van der Waals surface area contributed by atoms with Gasteiger partial charge >= 0.3 is 0 Å². The molecule has 0 atom stereocenters. The Labute approximate surface area is 88.5 Å². The molecule has 0 radical (unpaired) electrons. The molecular formula is C12H15FN2. The molecule has 0 saturated carbocycles. The van der Waals surface area contributed by atoms with Crippen molar-refractivity contribution in [3.05, 3.63) is 35.3 Å². The first-order valence-electron chi connectivity index (χ1n) is 5.09. The van der Waals surface area contributed by atoms with Crippen LogP contribution in [0, 0.1) is 12.7 Å². The third-order valence-corrected chi connectivity index (χ3v) is 2.98. The molecule has 0 fully saturated rings. The molecule has 0 aliphatic rings. The first kappa shape index (κ1) is 10.2. The Morgan fingerprint density at radius 1 is 1.40 bits per heavy atom. The van der Waals surface area contributed by atoms with E-state index in [1.54, 1.807) is 6.07 Å². The van der Waals surface area contributed by atoms with Gasteiger partial charge < -0.3 is 10.3 Å². The quantitative estimate of drug-likeness (QED) is 0.801. The molecule has 2 aromatic rings. The van der Waals surface area contributed by atoms with Crippen LogP contribution in [0.4, 0.5) is 4.39 Å². The summed E-state index contributed by atoms with van der Waals surface area (Å²) in [6.45, 7) is 2.60. The molecule has 0 aliphatic heterocycles. The van der Waals surface area contributed by atoms with Crippen molar-refractivity contribution >= 4 is 10.9 Å². The average molecular weight is 206 g/mol. The number of benzene rings is 1. The van der Waals surface area contributed by atoms with E-state index in [9.17, 15) is 4.39 Å². The third kappa shape index (κ3) is 1.43. The van der Waals surface area contributed by atoms with Crippen LogP contribution >= 0.6 is 0 Å². The van der Waals surface area contributed by atoms with Crippen LogP contribution in [0.1, 0.15) is 11.3 Å². The zero-order valence-corrected chi connectivity index (χ0v) is 9.05. The minimum absolute atomic E-state index is 0.165. The lowest BCUT2D eigenvalue weighted by atomic mass is 10.1. The summed E-state index contributed by atoms with van der Waals surface area (Å²) < 4.78 is 15.5. The van der Waals surface area contributed by atoms with Gasteiger partial charge in [0.2, 0.25) is 0 Å². The van der Waals surface area contributed by atoms with Crippen molar-refractivity contribution in [3.8, 4) is 0 Å². The summed E-state index contributed by atoms with van der Waals surface area (Å²) in [5.41, 5.74) is 8.50. The Bertz CT molecular complexity index is 500. The fourth-order valence-corrected chi connectivity index (χ4v) is 2.12. The molecule has 0 bridgehead atoms. The maximum Gasteiger partial charge on any atom is 0.147 e. The number of aryl methyl sites for hydroxylation is 1. The maximum absolute atomic E-state index is 13.6. The van der Waals surface area contributed by atoms with Crippen LogP contribution < -0.4 is 5.73 Å². The van der Waals surface area contributed by atoms with E-state index < -0.39 is 0 Å². The van der Waals surface area contributed by atoms with Crippen molar-refractivity contribution in [3.63, 3.8) is 0 Å². The van der Waals surface area contributed by atoms with Crippen molar-refractivity contribution in [1.29, 1.82) is 0 Å². The molecule has 80 valence electrons. The monoisotopic (exact) mass is 206 g/mol. The Balaban J connectivity index is 2.81. The van der Waals surface area contributed by atoms with Gasteiger partial charge in [-0.25, -0.2) is 4.39 Å². The molecule has 2 nitrogen and oxygen atoms in total. The normalized spacial score (nSPS) is 11.2. The van der Waals surface area contributed by atoms with Crippen LogP contribution in [0.25, 0.3) is 10.9 Å². The summed E-state index contributed by atoms with van der Waals surface area (Å²) in [5, 5.41) is 0.987. The number of halogens is 1. The van der Waals surface area contributed by atoms with E-state index in [2.05, 4.69) is 0 Å². The number of nitrogens with two attached hydrogens (primary N) is 1. The highest BCUT2D eigenvalue weighted by Gasteiger charge is 2.13. The molecular weight excluding hydrogens is 191 g/mol. The highest BCUT2D eigenvalue weighted by molar-refractivity contribution is 5.86. The van der Waals surface area contributed by atoms with Crippen molar-refractivity contribution in [2.75, 3.05) is 6.54 Å². The zero-order chi connectivity index (χ0) is 11.0. The molecule has 0 saturated heterocycles. The lowest BCUT2D eigenvalue weighted by Gasteiger charge is -1.99. The van der Waals surface area contributed by atoms with E-state index in [1.165, 1.54) is 6.07 Å². The molecule has 1 heterocycles. The van der Waals surface area contributed by atoms with E-state index in [0.29, 0.717) is 12.1 Å². The number of hydrogen-bond donors (Lipinski definition) is 1. The number of para-hydroxylation sites is 1. The largest absolute Gasteiger partial charge is 0.345 e. The number of aromatic nitrogens is 1. The molecule has 1 aromatic heterocycles. The van der Waals surface area contributed by atoms with Crippen molar-refractivity contribution in [2.45, 2.75) is 13.3 Å². The highest BCUT2D eigenvalue weighted by Crippen LogP contribution is 2.26. The van der Waals surface area contributed by atoms with Crippen molar-refractivity contribution in [2.24, 2.45) is 12.8 Å². The standard InChI is InChI=1S/C12H15FN2/c1-8-9(6-7-14)10-4-3-5-11(13)12(10)15(8)2/h3-5H,6-7,14H2,1-2H3. The van der Waals surface area contributed by atoms with Crippen LogP contribution in [0.5, 0.6) is 0 Å². The lowest BCUT2D eigenvalue weighted by Crippen LogP contribution is -2.03. The SMILES string of the molecule is Cc1c(CCN)c2cccc(F)c2n1C. The number of fused-ring (bicyclic) bond motifs is 1. The first-order chi connectivity index (χ1) is 7.16. The summed E-state index contributed by atoms with van der Waals surface area (Å²) in [4.78, 5) is 0. The first-order valence-corrected chi connectivity index (χ1v) is 5.09. The smallest absolute Gasteiger partial charge is 0.147 e. The molecule has 3 heteroatoms. The number of rotatable bonds is 2. The Hall–Kier alpha value is -1.35. The molecule has 2 N–H and O–H groups in total. The summed E-state index contributed by atoms with van der Waals surface area (Å²) in [7, 11) is 1.89. The fourth-order valence-electron chi connectivity index (χ4n) is 2.12. The molecule has 15 heavy (non-hydrogen) atoms. The van der Waals surface area contributed by atoms with Gasteiger partial charge in [0.05, 0.1) is 5.52 Å². The van der Waals surface area contributed by atoms with Gasteiger partial charge in [0.15, 0.2) is 0 Å². The highest BCUT2D eigenvalue weighted by atomic mass is 19.1. The summed E-state index contributed by atoms with van der Waals surface area (Å²) in [6, 6.07) is 5.20. The predicted molar refractivity (Wildman–Crippen MR) is 60.4 cm³/mol. The fraction of sp³-hybridized carbons (Fsp3) is 0.333. The Morgan fingerprint density at radius 2 is 2.13 bits per heavy atom. The van der Waals surface area contributed by atoms with E-state index in [4.69, 9.17) is 5.73 Å². The van der Waals surface area contributed by atoms with E-state index in [0.717, 1.165) is 23.1 Å². The molecule has 0 aliphatic carbocycles. The maximum atomic E-state index is 13.6. The van der Waals surface area contributed by atoms with Crippen LogP contribution in [0.15, 0.2) is 18.2 Å². The summed E-state index contributed by atoms with van der Waals surface area (Å²) >= 11 is 0. The van der Waals surface area contributed by atoms with Gasteiger partial charge in [0.25, 0.3) is 0 Å².